The Kier molecular flexibility index (Phi) is 5.05. The number of anilines is 1. The van der Waals surface area contributed by atoms with Gasteiger partial charge >= 0.3 is 0 Å². The van der Waals surface area contributed by atoms with Crippen molar-refractivity contribution in [2.75, 3.05) is 32.6 Å². The van der Waals surface area contributed by atoms with E-state index in [-0.39, 0.29) is 11.9 Å². The highest BCUT2D eigenvalue weighted by Gasteiger charge is 2.28. The molecule has 2 aromatic rings. The van der Waals surface area contributed by atoms with Crippen LogP contribution in [0.3, 0.4) is 0 Å². The number of nitrogens with one attached hydrogen (secondary N) is 1. The highest BCUT2D eigenvalue weighted by molar-refractivity contribution is 5.92. The fourth-order valence-electron chi connectivity index (χ4n) is 2.83. The summed E-state index contributed by atoms with van der Waals surface area (Å²) in [6.45, 7) is 1.36. The second kappa shape index (κ2) is 7.40. The van der Waals surface area contributed by atoms with Crippen LogP contribution in [0.25, 0.3) is 0 Å². The highest BCUT2D eigenvalue weighted by atomic mass is 16.5. The predicted octanol–water partition coefficient (Wildman–Crippen LogP) is 1.85. The summed E-state index contributed by atoms with van der Waals surface area (Å²) in [6.07, 6.45) is 4.55. The van der Waals surface area contributed by atoms with Crippen LogP contribution in [0.2, 0.25) is 0 Å². The van der Waals surface area contributed by atoms with Crippen molar-refractivity contribution in [2.24, 2.45) is 5.92 Å². The van der Waals surface area contributed by atoms with E-state index in [0.29, 0.717) is 24.0 Å². The van der Waals surface area contributed by atoms with Gasteiger partial charge in [0.1, 0.15) is 11.5 Å². The van der Waals surface area contributed by atoms with Gasteiger partial charge in [-0.05, 0) is 36.2 Å². The number of ether oxygens (including phenoxy) is 1. The molecule has 0 unspecified atom stereocenters. The lowest BCUT2D eigenvalue weighted by Gasteiger charge is -2.20. The molecule has 0 spiro atoms. The molecule has 6 heteroatoms. The minimum Gasteiger partial charge on any atom is -0.379 e. The molecule has 1 aliphatic rings. The van der Waals surface area contributed by atoms with Gasteiger partial charge in [-0.2, -0.15) is 0 Å². The van der Waals surface area contributed by atoms with E-state index in [0.717, 1.165) is 13.0 Å². The third-order valence-corrected chi connectivity index (χ3v) is 4.15. The SMILES string of the molecule is CN(C)C(=O)c1cccc(N[C@@H]2COC[C@H]2Cc2ccncc2)n1. The summed E-state index contributed by atoms with van der Waals surface area (Å²) in [5, 5.41) is 3.42. The monoisotopic (exact) mass is 326 g/mol. The minimum atomic E-state index is -0.102. The van der Waals surface area contributed by atoms with Crippen molar-refractivity contribution in [3.05, 3.63) is 54.0 Å². The smallest absolute Gasteiger partial charge is 0.272 e. The first-order valence-electron chi connectivity index (χ1n) is 8.05. The molecule has 0 aliphatic carbocycles. The number of hydrogen-bond acceptors (Lipinski definition) is 5. The van der Waals surface area contributed by atoms with E-state index in [1.807, 2.05) is 36.7 Å². The lowest BCUT2D eigenvalue weighted by molar-refractivity contribution is 0.0822. The molecule has 126 valence electrons. The van der Waals surface area contributed by atoms with Crippen molar-refractivity contribution in [1.29, 1.82) is 0 Å². The summed E-state index contributed by atoms with van der Waals surface area (Å²) in [7, 11) is 3.44. The van der Waals surface area contributed by atoms with Gasteiger partial charge < -0.3 is 15.0 Å². The number of aromatic nitrogens is 2. The van der Waals surface area contributed by atoms with Gasteiger partial charge in [-0.3, -0.25) is 9.78 Å². The number of hydrogen-bond donors (Lipinski definition) is 1. The maximum atomic E-state index is 12.0. The van der Waals surface area contributed by atoms with Crippen molar-refractivity contribution < 1.29 is 9.53 Å². The Bertz CT molecular complexity index is 690. The van der Waals surface area contributed by atoms with Crippen LogP contribution < -0.4 is 5.32 Å². The molecule has 0 saturated carbocycles. The summed E-state index contributed by atoms with van der Waals surface area (Å²) in [6, 6.07) is 9.70. The molecule has 1 N–H and O–H groups in total. The lowest BCUT2D eigenvalue weighted by atomic mass is 9.95. The maximum Gasteiger partial charge on any atom is 0.272 e. The Morgan fingerprint density at radius 2 is 2.04 bits per heavy atom. The molecule has 2 atom stereocenters. The summed E-state index contributed by atoms with van der Waals surface area (Å²) in [5.74, 6) is 0.968. The Hall–Kier alpha value is -2.47. The van der Waals surface area contributed by atoms with E-state index in [2.05, 4.69) is 15.3 Å². The molecule has 6 nitrogen and oxygen atoms in total. The average molecular weight is 326 g/mol. The first-order chi connectivity index (χ1) is 11.6. The Balaban J connectivity index is 1.68. The number of amides is 1. The van der Waals surface area contributed by atoms with E-state index in [4.69, 9.17) is 4.74 Å². The number of carbonyl (C=O) groups excluding carboxylic acids is 1. The molecule has 1 saturated heterocycles. The van der Waals surface area contributed by atoms with Crippen LogP contribution in [-0.4, -0.2) is 54.1 Å². The van der Waals surface area contributed by atoms with Crippen LogP contribution in [0.5, 0.6) is 0 Å². The average Bonchev–Trinajstić information content (AvgIpc) is 3.02. The fraction of sp³-hybridized carbons (Fsp3) is 0.389. The van der Waals surface area contributed by atoms with Gasteiger partial charge in [0.15, 0.2) is 0 Å². The zero-order valence-electron chi connectivity index (χ0n) is 14.0. The van der Waals surface area contributed by atoms with Crippen molar-refractivity contribution in [2.45, 2.75) is 12.5 Å². The molecule has 24 heavy (non-hydrogen) atoms. The van der Waals surface area contributed by atoms with E-state index < -0.39 is 0 Å². The van der Waals surface area contributed by atoms with Crippen LogP contribution >= 0.6 is 0 Å². The van der Waals surface area contributed by atoms with Crippen LogP contribution in [0.4, 0.5) is 5.82 Å². The van der Waals surface area contributed by atoms with Gasteiger partial charge in [-0.15, -0.1) is 0 Å². The summed E-state index contributed by atoms with van der Waals surface area (Å²) in [5.41, 5.74) is 1.69. The zero-order valence-corrected chi connectivity index (χ0v) is 14.0. The molecule has 1 amide bonds. The number of pyridine rings is 2. The van der Waals surface area contributed by atoms with Crippen molar-refractivity contribution in [1.82, 2.24) is 14.9 Å². The van der Waals surface area contributed by atoms with Crippen molar-refractivity contribution in [3.8, 4) is 0 Å². The topological polar surface area (TPSA) is 67.4 Å². The molecule has 3 rings (SSSR count). The third kappa shape index (κ3) is 3.89. The summed E-state index contributed by atoms with van der Waals surface area (Å²) in [4.78, 5) is 22.1. The van der Waals surface area contributed by atoms with Crippen molar-refractivity contribution >= 4 is 11.7 Å². The van der Waals surface area contributed by atoms with Gasteiger partial charge in [-0.25, -0.2) is 4.98 Å². The lowest BCUT2D eigenvalue weighted by Crippen LogP contribution is -2.30. The maximum absolute atomic E-state index is 12.0. The molecular weight excluding hydrogens is 304 g/mol. The highest BCUT2D eigenvalue weighted by Crippen LogP contribution is 2.22. The molecule has 0 radical (unpaired) electrons. The predicted molar refractivity (Wildman–Crippen MR) is 91.9 cm³/mol. The van der Waals surface area contributed by atoms with E-state index >= 15 is 0 Å². The molecule has 0 bridgehead atoms. The molecule has 1 fully saturated rings. The van der Waals surface area contributed by atoms with E-state index in [1.54, 1.807) is 20.2 Å². The third-order valence-electron chi connectivity index (χ3n) is 4.15. The van der Waals surface area contributed by atoms with Gasteiger partial charge in [-0.1, -0.05) is 6.07 Å². The van der Waals surface area contributed by atoms with Crippen molar-refractivity contribution in [3.63, 3.8) is 0 Å². The normalized spacial score (nSPS) is 19.9. The zero-order chi connectivity index (χ0) is 16.9. The summed E-state index contributed by atoms with van der Waals surface area (Å²) >= 11 is 0. The molecular formula is C18H22N4O2. The fourth-order valence-corrected chi connectivity index (χ4v) is 2.83. The largest absolute Gasteiger partial charge is 0.379 e. The van der Waals surface area contributed by atoms with Gasteiger partial charge in [0.25, 0.3) is 5.91 Å². The van der Waals surface area contributed by atoms with Crippen LogP contribution in [0.1, 0.15) is 16.1 Å². The van der Waals surface area contributed by atoms with E-state index in [9.17, 15) is 4.79 Å². The Morgan fingerprint density at radius 3 is 2.79 bits per heavy atom. The number of rotatable bonds is 5. The van der Waals surface area contributed by atoms with Gasteiger partial charge in [0, 0.05) is 32.4 Å². The second-order valence-corrected chi connectivity index (χ2v) is 6.22. The minimum absolute atomic E-state index is 0.102. The van der Waals surface area contributed by atoms with Gasteiger partial charge in [0.05, 0.1) is 19.3 Å². The second-order valence-electron chi connectivity index (χ2n) is 6.22. The first kappa shape index (κ1) is 16.4. The van der Waals surface area contributed by atoms with Gasteiger partial charge in [0.2, 0.25) is 0 Å². The summed E-state index contributed by atoms with van der Waals surface area (Å²) < 4.78 is 5.65. The molecule has 2 aromatic heterocycles. The Morgan fingerprint density at radius 1 is 1.25 bits per heavy atom. The molecule has 3 heterocycles. The van der Waals surface area contributed by atoms with Crippen LogP contribution in [-0.2, 0) is 11.2 Å². The Labute approximate surface area is 141 Å². The number of nitrogens with zero attached hydrogens (tertiary/aromatic N) is 3. The first-order valence-corrected chi connectivity index (χ1v) is 8.05. The standard InChI is InChI=1S/C18H22N4O2/c1-22(2)18(23)15-4-3-5-17(20-15)21-16-12-24-11-14(16)10-13-6-8-19-9-7-13/h3-9,14,16H,10-12H2,1-2H3,(H,20,21)/t14-,16-/m1/s1. The van der Waals surface area contributed by atoms with Crippen LogP contribution in [0.15, 0.2) is 42.7 Å². The molecule has 1 aliphatic heterocycles. The number of carbonyl (C=O) groups is 1. The quantitative estimate of drug-likeness (QED) is 0.908. The van der Waals surface area contributed by atoms with E-state index in [1.165, 1.54) is 10.5 Å². The molecule has 0 aromatic carbocycles. The van der Waals surface area contributed by atoms with Crippen LogP contribution in [0, 0.1) is 5.92 Å².